The molecule has 0 spiro atoms. The van der Waals surface area contributed by atoms with Gasteiger partial charge in [0.05, 0.1) is 12.3 Å². The Morgan fingerprint density at radius 1 is 1.43 bits per heavy atom. The van der Waals surface area contributed by atoms with Crippen molar-refractivity contribution in [3.8, 4) is 0 Å². The minimum absolute atomic E-state index is 0.333. The number of hydrogen-bond donors (Lipinski definition) is 1. The van der Waals surface area contributed by atoms with Crippen LogP contribution in [0.5, 0.6) is 0 Å². The van der Waals surface area contributed by atoms with Gasteiger partial charge in [-0.1, -0.05) is 0 Å². The Morgan fingerprint density at radius 3 is 3.00 bits per heavy atom. The second-order valence-corrected chi connectivity index (χ2v) is 6.05. The van der Waals surface area contributed by atoms with Gasteiger partial charge in [0.1, 0.15) is 11.6 Å². The molecule has 1 aliphatic rings. The van der Waals surface area contributed by atoms with E-state index in [4.69, 9.17) is 10.5 Å². The topological polar surface area (TPSA) is 82.1 Å². The molecule has 0 radical (unpaired) electrons. The van der Waals surface area contributed by atoms with E-state index in [9.17, 15) is 0 Å². The first-order valence-electron chi connectivity index (χ1n) is 8.03. The number of aryl methyl sites for hydroxylation is 2. The van der Waals surface area contributed by atoms with Gasteiger partial charge in [-0.15, -0.1) is 0 Å². The second kappa shape index (κ2) is 6.95. The van der Waals surface area contributed by atoms with Crippen molar-refractivity contribution in [1.82, 2.24) is 19.5 Å². The number of anilines is 2. The third kappa shape index (κ3) is 3.79. The monoisotopic (exact) mass is 316 g/mol. The van der Waals surface area contributed by atoms with E-state index in [1.165, 1.54) is 0 Å². The molecule has 2 aromatic heterocycles. The molecule has 0 saturated carbocycles. The summed E-state index contributed by atoms with van der Waals surface area (Å²) in [4.78, 5) is 15.2. The second-order valence-electron chi connectivity index (χ2n) is 6.05. The molecule has 0 aromatic carbocycles. The van der Waals surface area contributed by atoms with Crippen molar-refractivity contribution >= 4 is 11.8 Å². The smallest absolute Gasteiger partial charge is 0.222 e. The van der Waals surface area contributed by atoms with Crippen molar-refractivity contribution in [3.05, 3.63) is 30.0 Å². The largest absolute Gasteiger partial charge is 0.381 e. The number of nitrogens with zero attached hydrogens (tertiary/aromatic N) is 5. The number of ether oxygens (including phenoxy) is 1. The van der Waals surface area contributed by atoms with E-state index >= 15 is 0 Å². The Labute approximate surface area is 136 Å². The fraction of sp³-hybridized carbons (Fsp3) is 0.562. The van der Waals surface area contributed by atoms with Crippen LogP contribution < -0.4 is 10.6 Å². The molecule has 0 amide bonds. The van der Waals surface area contributed by atoms with Crippen LogP contribution >= 0.6 is 0 Å². The number of rotatable bonds is 6. The van der Waals surface area contributed by atoms with Crippen molar-refractivity contribution in [2.24, 2.45) is 7.05 Å². The molecule has 23 heavy (non-hydrogen) atoms. The standard InChI is InChI=1S/C16H24N6O/c1-21(7-3-4-14-18-6-8-22(14)2)15-10-13(19-16(17)20-15)12-5-9-23-11-12/h6,8,10,12H,3-5,7,9,11H2,1-2H3,(H2,17,19,20)/t12-/m1/s1. The zero-order valence-corrected chi connectivity index (χ0v) is 13.8. The minimum atomic E-state index is 0.333. The lowest BCUT2D eigenvalue weighted by Gasteiger charge is -2.20. The summed E-state index contributed by atoms with van der Waals surface area (Å²) >= 11 is 0. The van der Waals surface area contributed by atoms with E-state index in [2.05, 4.69) is 24.4 Å². The van der Waals surface area contributed by atoms with Gasteiger partial charge in [-0.25, -0.2) is 9.97 Å². The predicted molar refractivity (Wildman–Crippen MR) is 89.4 cm³/mol. The van der Waals surface area contributed by atoms with Gasteiger partial charge in [-0.05, 0) is 12.8 Å². The van der Waals surface area contributed by atoms with Crippen molar-refractivity contribution in [2.45, 2.75) is 25.2 Å². The predicted octanol–water partition coefficient (Wildman–Crippen LogP) is 1.37. The zero-order chi connectivity index (χ0) is 16.2. The van der Waals surface area contributed by atoms with Gasteiger partial charge in [0.25, 0.3) is 0 Å². The molecule has 0 aliphatic carbocycles. The van der Waals surface area contributed by atoms with Gasteiger partial charge in [-0.2, -0.15) is 4.98 Å². The third-order valence-electron chi connectivity index (χ3n) is 4.30. The van der Waals surface area contributed by atoms with Crippen LogP contribution in [-0.4, -0.2) is 46.3 Å². The molecule has 2 aromatic rings. The highest BCUT2D eigenvalue weighted by atomic mass is 16.5. The minimum Gasteiger partial charge on any atom is -0.381 e. The van der Waals surface area contributed by atoms with Gasteiger partial charge in [0.2, 0.25) is 5.95 Å². The number of nitrogens with two attached hydrogens (primary N) is 1. The molecule has 7 nitrogen and oxygen atoms in total. The molecule has 1 fully saturated rings. The Hall–Kier alpha value is -2.15. The van der Waals surface area contributed by atoms with Crippen molar-refractivity contribution in [1.29, 1.82) is 0 Å². The fourth-order valence-corrected chi connectivity index (χ4v) is 2.87. The summed E-state index contributed by atoms with van der Waals surface area (Å²) in [6.45, 7) is 2.41. The third-order valence-corrected chi connectivity index (χ3v) is 4.30. The number of aromatic nitrogens is 4. The van der Waals surface area contributed by atoms with Crippen LogP contribution in [0.4, 0.5) is 11.8 Å². The SMILES string of the molecule is CN(CCCc1nccn1C)c1cc([C@@H]2CCOC2)nc(N)n1. The summed E-state index contributed by atoms with van der Waals surface area (Å²) in [5.41, 5.74) is 6.87. The van der Waals surface area contributed by atoms with Crippen LogP contribution in [0.25, 0.3) is 0 Å². The van der Waals surface area contributed by atoms with Crippen LogP contribution in [0.3, 0.4) is 0 Å². The van der Waals surface area contributed by atoms with E-state index < -0.39 is 0 Å². The average molecular weight is 316 g/mol. The Bertz CT molecular complexity index is 650. The lowest BCUT2D eigenvalue weighted by atomic mass is 10.0. The highest BCUT2D eigenvalue weighted by Crippen LogP contribution is 2.26. The van der Waals surface area contributed by atoms with Gasteiger partial charge in [0.15, 0.2) is 0 Å². The normalized spacial score (nSPS) is 17.6. The molecular formula is C16H24N6O. The fourth-order valence-electron chi connectivity index (χ4n) is 2.87. The summed E-state index contributed by atoms with van der Waals surface area (Å²) in [5.74, 6) is 2.64. The van der Waals surface area contributed by atoms with Crippen molar-refractivity contribution in [2.75, 3.05) is 37.4 Å². The lowest BCUT2D eigenvalue weighted by Crippen LogP contribution is -2.22. The molecular weight excluding hydrogens is 292 g/mol. The molecule has 1 aliphatic heterocycles. The highest BCUT2D eigenvalue weighted by molar-refractivity contribution is 5.43. The molecule has 0 bridgehead atoms. The highest BCUT2D eigenvalue weighted by Gasteiger charge is 2.21. The van der Waals surface area contributed by atoms with Crippen LogP contribution in [0.15, 0.2) is 18.5 Å². The van der Waals surface area contributed by atoms with Crippen molar-refractivity contribution < 1.29 is 4.74 Å². The van der Waals surface area contributed by atoms with Crippen LogP contribution in [0.2, 0.25) is 0 Å². The first-order chi connectivity index (χ1) is 11.1. The molecule has 7 heteroatoms. The molecule has 3 heterocycles. The summed E-state index contributed by atoms with van der Waals surface area (Å²) in [6, 6.07) is 2.04. The van der Waals surface area contributed by atoms with E-state index in [1.807, 2.05) is 32.6 Å². The average Bonchev–Trinajstić information content (AvgIpc) is 3.19. The molecule has 124 valence electrons. The number of imidazole rings is 1. The summed E-state index contributed by atoms with van der Waals surface area (Å²) in [6.07, 6.45) is 6.75. The maximum absolute atomic E-state index is 5.89. The zero-order valence-electron chi connectivity index (χ0n) is 13.8. The summed E-state index contributed by atoms with van der Waals surface area (Å²) in [5, 5.41) is 0. The first kappa shape index (κ1) is 15.7. The van der Waals surface area contributed by atoms with Crippen LogP contribution in [0.1, 0.15) is 30.3 Å². The molecule has 1 saturated heterocycles. The van der Waals surface area contributed by atoms with Gasteiger partial charge in [0, 0.05) is 58.0 Å². The van der Waals surface area contributed by atoms with E-state index in [0.717, 1.165) is 56.4 Å². The molecule has 3 rings (SSSR count). The van der Waals surface area contributed by atoms with E-state index in [0.29, 0.717) is 11.9 Å². The van der Waals surface area contributed by atoms with E-state index in [-0.39, 0.29) is 0 Å². The summed E-state index contributed by atoms with van der Waals surface area (Å²) < 4.78 is 7.50. The van der Waals surface area contributed by atoms with Gasteiger partial charge >= 0.3 is 0 Å². The van der Waals surface area contributed by atoms with Crippen LogP contribution in [-0.2, 0) is 18.2 Å². The van der Waals surface area contributed by atoms with Gasteiger partial charge < -0.3 is 19.9 Å². The Balaban J connectivity index is 1.62. The Morgan fingerprint density at radius 2 is 2.30 bits per heavy atom. The summed E-state index contributed by atoms with van der Waals surface area (Å²) in [7, 11) is 4.06. The van der Waals surface area contributed by atoms with Gasteiger partial charge in [-0.3, -0.25) is 0 Å². The molecule has 1 atom stereocenters. The number of hydrogen-bond acceptors (Lipinski definition) is 6. The van der Waals surface area contributed by atoms with Crippen LogP contribution in [0, 0.1) is 0 Å². The first-order valence-corrected chi connectivity index (χ1v) is 8.03. The maximum atomic E-state index is 5.89. The quantitative estimate of drug-likeness (QED) is 0.866. The van der Waals surface area contributed by atoms with E-state index in [1.54, 1.807) is 0 Å². The number of nitrogen functional groups attached to an aromatic ring is 1. The lowest BCUT2D eigenvalue weighted by molar-refractivity contribution is 0.193. The van der Waals surface area contributed by atoms with Crippen molar-refractivity contribution in [3.63, 3.8) is 0 Å². The Kier molecular flexibility index (Phi) is 4.76. The maximum Gasteiger partial charge on any atom is 0.222 e. The molecule has 0 unspecified atom stereocenters. The molecule has 2 N–H and O–H groups in total.